The van der Waals surface area contributed by atoms with Gasteiger partial charge in [-0.15, -0.1) is 12.4 Å². The van der Waals surface area contributed by atoms with E-state index in [9.17, 15) is 0 Å². The second-order valence-electron chi connectivity index (χ2n) is 6.64. The van der Waals surface area contributed by atoms with Crippen molar-refractivity contribution in [1.29, 1.82) is 0 Å². The molecule has 0 radical (unpaired) electrons. The van der Waals surface area contributed by atoms with Crippen molar-refractivity contribution in [3.63, 3.8) is 0 Å². The van der Waals surface area contributed by atoms with Crippen LogP contribution in [-0.4, -0.2) is 11.3 Å². The number of nitrogens with zero attached hydrogens (tertiary/aromatic N) is 1. The zero-order chi connectivity index (χ0) is 15.6. The molecule has 0 fully saturated rings. The van der Waals surface area contributed by atoms with E-state index in [0.29, 0.717) is 0 Å². The number of hydrogen-bond acceptors (Lipinski definition) is 3. The fourth-order valence-corrected chi connectivity index (χ4v) is 2.48. The van der Waals surface area contributed by atoms with Crippen LogP contribution in [0.4, 0.5) is 0 Å². The Hall–Kier alpha value is -2.00. The molecule has 3 rings (SSSR count). The number of ether oxygens (including phenoxy) is 1. The van der Waals surface area contributed by atoms with Gasteiger partial charge in [0.15, 0.2) is 0 Å². The fourth-order valence-electron chi connectivity index (χ4n) is 2.48. The van der Waals surface area contributed by atoms with Gasteiger partial charge in [0.05, 0.1) is 5.71 Å². The van der Waals surface area contributed by atoms with Crippen molar-refractivity contribution in [1.82, 2.24) is 5.43 Å². The molecule has 4 heteroatoms. The molecule has 2 aromatic rings. The number of hydrazone groups is 1. The number of halogens is 1. The number of nitrogens with one attached hydrogen (secondary N) is 1. The molecule has 23 heavy (non-hydrogen) atoms. The molecule has 1 unspecified atom stereocenters. The Bertz CT molecular complexity index is 677. The zero-order valence-corrected chi connectivity index (χ0v) is 14.6. The van der Waals surface area contributed by atoms with Crippen LogP contribution in [-0.2, 0) is 0 Å². The number of para-hydroxylation sites is 1. The Morgan fingerprint density at radius 2 is 1.65 bits per heavy atom. The van der Waals surface area contributed by atoms with E-state index >= 15 is 0 Å². The summed E-state index contributed by atoms with van der Waals surface area (Å²) in [6.07, 6.45) is 0.779. The molecule has 1 aliphatic rings. The van der Waals surface area contributed by atoms with E-state index in [1.807, 2.05) is 36.4 Å². The molecule has 0 amide bonds. The lowest BCUT2D eigenvalue weighted by atomic mass is 9.95. The zero-order valence-electron chi connectivity index (χ0n) is 13.7. The average Bonchev–Trinajstić information content (AvgIpc) is 2.52. The normalized spacial score (nSPS) is 18.6. The first-order valence-electron chi connectivity index (χ1n) is 7.68. The molecule has 0 spiro atoms. The third-order valence-electron chi connectivity index (χ3n) is 3.54. The Balaban J connectivity index is 0.00000192. The van der Waals surface area contributed by atoms with Crippen LogP contribution in [0.25, 0.3) is 0 Å². The molecule has 0 saturated carbocycles. The summed E-state index contributed by atoms with van der Waals surface area (Å²) in [5, 5.41) is 4.66. The summed E-state index contributed by atoms with van der Waals surface area (Å²) in [6, 6.07) is 18.4. The predicted octanol–water partition coefficient (Wildman–Crippen LogP) is 4.72. The molecule has 0 bridgehead atoms. The maximum Gasteiger partial charge on any atom is 0.129 e. The van der Waals surface area contributed by atoms with Crippen LogP contribution in [0.3, 0.4) is 0 Å². The van der Waals surface area contributed by atoms with Gasteiger partial charge in [-0.1, -0.05) is 42.5 Å². The quantitative estimate of drug-likeness (QED) is 0.808. The molecule has 0 aliphatic carbocycles. The first kappa shape index (κ1) is 17.4. The lowest BCUT2D eigenvalue weighted by Crippen LogP contribution is -2.33. The van der Waals surface area contributed by atoms with Gasteiger partial charge >= 0.3 is 0 Å². The van der Waals surface area contributed by atoms with Crippen LogP contribution in [0, 0.1) is 0 Å². The van der Waals surface area contributed by atoms with Crippen LogP contribution in [0.5, 0.6) is 5.75 Å². The van der Waals surface area contributed by atoms with Crippen molar-refractivity contribution >= 4 is 18.1 Å². The SMILES string of the molecule is CC(C)(C)NN=C1CC(c2ccccc2)Oc2ccccc21.Cl. The highest BCUT2D eigenvalue weighted by atomic mass is 35.5. The van der Waals surface area contributed by atoms with E-state index in [2.05, 4.69) is 49.5 Å². The smallest absolute Gasteiger partial charge is 0.129 e. The molecule has 2 aromatic carbocycles. The van der Waals surface area contributed by atoms with Gasteiger partial charge < -0.3 is 10.2 Å². The van der Waals surface area contributed by atoms with Crippen molar-refractivity contribution < 1.29 is 4.74 Å². The van der Waals surface area contributed by atoms with Crippen molar-refractivity contribution in [2.75, 3.05) is 0 Å². The third-order valence-corrected chi connectivity index (χ3v) is 3.54. The maximum atomic E-state index is 6.17. The van der Waals surface area contributed by atoms with Crippen LogP contribution < -0.4 is 10.2 Å². The van der Waals surface area contributed by atoms with Crippen molar-refractivity contribution in [2.24, 2.45) is 5.10 Å². The maximum absolute atomic E-state index is 6.17. The van der Waals surface area contributed by atoms with E-state index in [0.717, 1.165) is 23.4 Å². The standard InChI is InChI=1S/C19H22N2O.ClH/c1-19(2,3)21-20-16-13-18(14-9-5-4-6-10-14)22-17-12-8-7-11-15(16)17;/h4-12,18,21H,13H2,1-3H3;1H. The molecular weight excluding hydrogens is 308 g/mol. The Labute approximate surface area is 144 Å². The summed E-state index contributed by atoms with van der Waals surface area (Å²) in [7, 11) is 0. The Kier molecular flexibility index (Phi) is 5.32. The summed E-state index contributed by atoms with van der Waals surface area (Å²) in [5.74, 6) is 0.900. The van der Waals surface area contributed by atoms with Gasteiger partial charge in [-0.05, 0) is 38.5 Å². The largest absolute Gasteiger partial charge is 0.485 e. The topological polar surface area (TPSA) is 33.6 Å². The first-order valence-corrected chi connectivity index (χ1v) is 7.68. The summed E-state index contributed by atoms with van der Waals surface area (Å²) in [6.45, 7) is 6.32. The van der Waals surface area contributed by atoms with E-state index < -0.39 is 0 Å². The average molecular weight is 331 g/mol. The highest BCUT2D eigenvalue weighted by Gasteiger charge is 2.26. The first-order chi connectivity index (χ1) is 10.5. The molecule has 1 aliphatic heterocycles. The van der Waals surface area contributed by atoms with Gasteiger partial charge in [0.25, 0.3) is 0 Å². The number of rotatable bonds is 2. The van der Waals surface area contributed by atoms with Crippen LogP contribution in [0.15, 0.2) is 59.7 Å². The number of benzene rings is 2. The summed E-state index contributed by atoms with van der Waals surface area (Å²) < 4.78 is 6.17. The molecule has 3 nitrogen and oxygen atoms in total. The minimum atomic E-state index is -0.0531. The lowest BCUT2D eigenvalue weighted by Gasteiger charge is -2.28. The minimum absolute atomic E-state index is 0. The van der Waals surface area contributed by atoms with Gasteiger partial charge in [-0.25, -0.2) is 0 Å². The summed E-state index contributed by atoms with van der Waals surface area (Å²) >= 11 is 0. The second-order valence-corrected chi connectivity index (χ2v) is 6.64. The molecule has 1 heterocycles. The van der Waals surface area contributed by atoms with Gasteiger partial charge in [0.2, 0.25) is 0 Å². The van der Waals surface area contributed by atoms with Gasteiger partial charge in [0.1, 0.15) is 11.9 Å². The lowest BCUT2D eigenvalue weighted by molar-refractivity contribution is 0.206. The second kappa shape index (κ2) is 7.05. The van der Waals surface area contributed by atoms with Crippen LogP contribution >= 0.6 is 12.4 Å². The van der Waals surface area contributed by atoms with Crippen LogP contribution in [0.2, 0.25) is 0 Å². The highest BCUT2D eigenvalue weighted by Crippen LogP contribution is 2.34. The van der Waals surface area contributed by atoms with Crippen molar-refractivity contribution in [3.8, 4) is 5.75 Å². The molecule has 1 N–H and O–H groups in total. The molecule has 122 valence electrons. The molecule has 1 atom stereocenters. The Morgan fingerprint density at radius 3 is 2.35 bits per heavy atom. The predicted molar refractivity (Wildman–Crippen MR) is 97.5 cm³/mol. The molecular formula is C19H23ClN2O. The summed E-state index contributed by atoms with van der Waals surface area (Å²) in [4.78, 5) is 0. The van der Waals surface area contributed by atoms with Gasteiger partial charge in [-0.3, -0.25) is 0 Å². The molecule has 0 aromatic heterocycles. The van der Waals surface area contributed by atoms with Gasteiger partial charge in [0, 0.05) is 17.5 Å². The third kappa shape index (κ3) is 4.26. The Morgan fingerprint density at radius 1 is 1.00 bits per heavy atom. The van der Waals surface area contributed by atoms with E-state index in [1.54, 1.807) is 0 Å². The summed E-state index contributed by atoms with van der Waals surface area (Å²) in [5.41, 5.74) is 6.49. The van der Waals surface area contributed by atoms with Crippen molar-refractivity contribution in [3.05, 3.63) is 65.7 Å². The minimum Gasteiger partial charge on any atom is -0.485 e. The fraction of sp³-hybridized carbons (Fsp3) is 0.316. The van der Waals surface area contributed by atoms with E-state index in [1.165, 1.54) is 5.56 Å². The van der Waals surface area contributed by atoms with Crippen LogP contribution in [0.1, 0.15) is 44.4 Å². The van der Waals surface area contributed by atoms with Gasteiger partial charge in [-0.2, -0.15) is 5.10 Å². The number of hydrogen-bond donors (Lipinski definition) is 1. The van der Waals surface area contributed by atoms with E-state index in [4.69, 9.17) is 4.74 Å². The number of fused-ring (bicyclic) bond motifs is 1. The highest BCUT2D eigenvalue weighted by molar-refractivity contribution is 6.04. The van der Waals surface area contributed by atoms with E-state index in [-0.39, 0.29) is 24.0 Å². The van der Waals surface area contributed by atoms with Crippen molar-refractivity contribution in [2.45, 2.75) is 38.8 Å². The monoisotopic (exact) mass is 330 g/mol. The molecule has 0 saturated heterocycles.